The largest absolute Gasteiger partial charge is 0.495 e. The Bertz CT molecular complexity index is 760. The summed E-state index contributed by atoms with van der Waals surface area (Å²) in [6, 6.07) is 4.69. The van der Waals surface area contributed by atoms with Gasteiger partial charge in [-0.2, -0.15) is 4.31 Å². The number of carbonyl (C=O) groups excluding carboxylic acids is 1. The van der Waals surface area contributed by atoms with Gasteiger partial charge < -0.3 is 14.8 Å². The van der Waals surface area contributed by atoms with Crippen molar-refractivity contribution in [2.75, 3.05) is 27.4 Å². The van der Waals surface area contributed by atoms with Crippen LogP contribution in [0.5, 0.6) is 5.75 Å². The SMILES string of the molecule is COC[C@H](C)NC(=O)CN(C1CCCCC1)S(=O)(=O)c1cc(C)ccc1OC. The molecule has 0 bridgehead atoms. The fourth-order valence-corrected chi connectivity index (χ4v) is 5.53. The van der Waals surface area contributed by atoms with Gasteiger partial charge in [-0.3, -0.25) is 4.79 Å². The highest BCUT2D eigenvalue weighted by molar-refractivity contribution is 7.89. The third-order valence-electron chi connectivity index (χ3n) is 5.01. The maximum absolute atomic E-state index is 13.6. The fraction of sp³-hybridized carbons (Fsp3) is 0.650. The van der Waals surface area contributed by atoms with Gasteiger partial charge in [0.05, 0.1) is 20.3 Å². The number of methoxy groups -OCH3 is 2. The van der Waals surface area contributed by atoms with Crippen LogP contribution in [0, 0.1) is 6.92 Å². The van der Waals surface area contributed by atoms with Crippen molar-refractivity contribution >= 4 is 15.9 Å². The molecule has 0 radical (unpaired) electrons. The van der Waals surface area contributed by atoms with Gasteiger partial charge in [0.2, 0.25) is 15.9 Å². The highest BCUT2D eigenvalue weighted by Gasteiger charge is 2.35. The maximum Gasteiger partial charge on any atom is 0.247 e. The molecule has 7 nitrogen and oxygen atoms in total. The highest BCUT2D eigenvalue weighted by atomic mass is 32.2. The molecule has 1 atom stereocenters. The standard InChI is InChI=1S/C20H32N2O5S/c1-15-10-11-18(27-4)19(12-15)28(24,25)22(17-8-6-5-7-9-17)13-20(23)21-16(2)14-26-3/h10-12,16-17H,5-9,13-14H2,1-4H3,(H,21,23)/t16-/m0/s1. The third-order valence-corrected chi connectivity index (χ3v) is 6.93. The number of carbonyl (C=O) groups is 1. The number of ether oxygens (including phenoxy) is 2. The summed E-state index contributed by atoms with van der Waals surface area (Å²) in [5, 5.41) is 2.81. The summed E-state index contributed by atoms with van der Waals surface area (Å²) in [6.07, 6.45) is 4.53. The van der Waals surface area contributed by atoms with E-state index in [-0.39, 0.29) is 29.4 Å². The van der Waals surface area contributed by atoms with Crippen LogP contribution in [0.1, 0.15) is 44.6 Å². The van der Waals surface area contributed by atoms with Gasteiger partial charge in [-0.1, -0.05) is 25.3 Å². The van der Waals surface area contributed by atoms with E-state index in [9.17, 15) is 13.2 Å². The van der Waals surface area contributed by atoms with Crippen LogP contribution in [0.25, 0.3) is 0 Å². The zero-order valence-electron chi connectivity index (χ0n) is 17.2. The number of rotatable bonds is 9. The Balaban J connectivity index is 2.35. The van der Waals surface area contributed by atoms with E-state index < -0.39 is 10.0 Å². The maximum atomic E-state index is 13.6. The molecule has 1 aromatic carbocycles. The van der Waals surface area contributed by atoms with Crippen LogP contribution in [-0.2, 0) is 19.6 Å². The molecule has 1 aliphatic carbocycles. The number of benzene rings is 1. The highest BCUT2D eigenvalue weighted by Crippen LogP contribution is 2.32. The Hall–Kier alpha value is -1.64. The van der Waals surface area contributed by atoms with Gasteiger partial charge in [0.1, 0.15) is 10.6 Å². The molecule has 1 aromatic rings. The lowest BCUT2D eigenvalue weighted by Crippen LogP contribution is -2.49. The van der Waals surface area contributed by atoms with E-state index in [4.69, 9.17) is 9.47 Å². The molecule has 0 aliphatic heterocycles. The molecule has 0 aromatic heterocycles. The molecule has 1 aliphatic rings. The second-order valence-electron chi connectivity index (χ2n) is 7.42. The van der Waals surface area contributed by atoms with Crippen molar-refractivity contribution in [2.24, 2.45) is 0 Å². The third kappa shape index (κ3) is 5.68. The second kappa shape index (κ2) is 10.2. The minimum absolute atomic E-state index is 0.110. The monoisotopic (exact) mass is 412 g/mol. The number of aryl methyl sites for hydroxylation is 1. The second-order valence-corrected chi connectivity index (χ2v) is 9.28. The van der Waals surface area contributed by atoms with Crippen molar-refractivity contribution < 1.29 is 22.7 Å². The van der Waals surface area contributed by atoms with Gasteiger partial charge in [0.15, 0.2) is 0 Å². The van der Waals surface area contributed by atoms with Gasteiger partial charge in [-0.25, -0.2) is 8.42 Å². The summed E-state index contributed by atoms with van der Waals surface area (Å²) in [5.74, 6) is -0.0371. The molecule has 8 heteroatoms. The van der Waals surface area contributed by atoms with Crippen LogP contribution in [-0.4, -0.2) is 58.1 Å². The first-order valence-electron chi connectivity index (χ1n) is 9.74. The number of hydrogen-bond acceptors (Lipinski definition) is 5. The van der Waals surface area contributed by atoms with Crippen molar-refractivity contribution in [3.63, 3.8) is 0 Å². The summed E-state index contributed by atoms with van der Waals surface area (Å²) < 4.78 is 38.8. The van der Waals surface area contributed by atoms with Gasteiger partial charge in [0.25, 0.3) is 0 Å². The van der Waals surface area contributed by atoms with E-state index in [2.05, 4.69) is 5.32 Å². The smallest absolute Gasteiger partial charge is 0.247 e. The molecular formula is C20H32N2O5S. The normalized spacial score (nSPS) is 16.8. The lowest BCUT2D eigenvalue weighted by Gasteiger charge is -2.33. The summed E-state index contributed by atoms with van der Waals surface area (Å²) in [5.41, 5.74) is 0.820. The summed E-state index contributed by atoms with van der Waals surface area (Å²) in [6.45, 7) is 3.82. The van der Waals surface area contributed by atoms with E-state index >= 15 is 0 Å². The Labute approximate surface area is 168 Å². The minimum Gasteiger partial charge on any atom is -0.495 e. The van der Waals surface area contributed by atoms with Gasteiger partial charge >= 0.3 is 0 Å². The molecule has 0 heterocycles. The van der Waals surface area contributed by atoms with Gasteiger partial charge in [-0.05, 0) is 44.4 Å². The van der Waals surface area contributed by atoms with E-state index in [1.54, 1.807) is 19.2 Å². The van der Waals surface area contributed by atoms with E-state index in [0.29, 0.717) is 12.4 Å². The van der Waals surface area contributed by atoms with Crippen LogP contribution in [0.2, 0.25) is 0 Å². The quantitative estimate of drug-likeness (QED) is 0.674. The Morgan fingerprint density at radius 3 is 2.54 bits per heavy atom. The van der Waals surface area contributed by atoms with Crippen molar-refractivity contribution in [1.29, 1.82) is 0 Å². The first kappa shape index (κ1) is 22.6. The molecule has 0 unspecified atom stereocenters. The summed E-state index contributed by atoms with van der Waals surface area (Å²) in [7, 11) is -0.880. The minimum atomic E-state index is -3.89. The molecule has 28 heavy (non-hydrogen) atoms. The number of amides is 1. The average molecular weight is 413 g/mol. The zero-order valence-corrected chi connectivity index (χ0v) is 18.0. The average Bonchev–Trinajstić information content (AvgIpc) is 2.66. The van der Waals surface area contributed by atoms with Gasteiger partial charge in [0, 0.05) is 19.2 Å². The predicted molar refractivity (Wildman–Crippen MR) is 108 cm³/mol. The van der Waals surface area contributed by atoms with Crippen LogP contribution >= 0.6 is 0 Å². The molecule has 158 valence electrons. The molecule has 1 fully saturated rings. The number of hydrogen-bond donors (Lipinski definition) is 1. The summed E-state index contributed by atoms with van der Waals surface area (Å²) in [4.78, 5) is 12.7. The zero-order chi connectivity index (χ0) is 20.7. The predicted octanol–water partition coefficient (Wildman–Crippen LogP) is 2.48. The fourth-order valence-electron chi connectivity index (χ4n) is 3.64. The number of sulfonamides is 1. The van der Waals surface area contributed by atoms with Crippen molar-refractivity contribution in [1.82, 2.24) is 9.62 Å². The van der Waals surface area contributed by atoms with Crippen molar-refractivity contribution in [2.45, 2.75) is 62.9 Å². The van der Waals surface area contributed by atoms with Crippen LogP contribution in [0.3, 0.4) is 0 Å². The van der Waals surface area contributed by atoms with Crippen molar-refractivity contribution in [3.8, 4) is 5.75 Å². The molecular weight excluding hydrogens is 380 g/mol. The Morgan fingerprint density at radius 1 is 1.25 bits per heavy atom. The number of nitrogens with zero attached hydrogens (tertiary/aromatic N) is 1. The van der Waals surface area contributed by atoms with E-state index in [1.165, 1.54) is 11.4 Å². The first-order chi connectivity index (χ1) is 13.3. The molecule has 1 amide bonds. The van der Waals surface area contributed by atoms with Crippen LogP contribution < -0.4 is 10.1 Å². The van der Waals surface area contributed by atoms with Crippen molar-refractivity contribution in [3.05, 3.63) is 23.8 Å². The van der Waals surface area contributed by atoms with Gasteiger partial charge in [-0.15, -0.1) is 0 Å². The molecule has 1 N–H and O–H groups in total. The number of nitrogens with one attached hydrogen (secondary N) is 1. The molecule has 1 saturated carbocycles. The lowest BCUT2D eigenvalue weighted by atomic mass is 9.95. The van der Waals surface area contributed by atoms with E-state index in [1.807, 2.05) is 19.9 Å². The lowest BCUT2D eigenvalue weighted by molar-refractivity contribution is -0.122. The molecule has 0 saturated heterocycles. The summed E-state index contributed by atoms with van der Waals surface area (Å²) >= 11 is 0. The first-order valence-corrected chi connectivity index (χ1v) is 11.2. The van der Waals surface area contributed by atoms with Crippen LogP contribution in [0.15, 0.2) is 23.1 Å². The van der Waals surface area contributed by atoms with E-state index in [0.717, 1.165) is 37.7 Å². The Morgan fingerprint density at radius 2 is 1.93 bits per heavy atom. The molecule has 2 rings (SSSR count). The van der Waals surface area contributed by atoms with Crippen LogP contribution in [0.4, 0.5) is 0 Å². The molecule has 0 spiro atoms. The topological polar surface area (TPSA) is 84.9 Å². The Kier molecular flexibility index (Phi) is 8.27.